The zero-order valence-electron chi connectivity index (χ0n) is 11.4. The molecule has 96 valence electrons. The second-order valence-electron chi connectivity index (χ2n) is 5.84. The van der Waals surface area contributed by atoms with E-state index < -0.39 is 7.80 Å². The van der Waals surface area contributed by atoms with E-state index in [1.807, 2.05) is 45.0 Å². The van der Waals surface area contributed by atoms with Crippen molar-refractivity contribution in [2.75, 3.05) is 0 Å². The fraction of sp³-hybridized carbons (Fsp3) is 0.250. The number of nitrogens with one attached hydrogen (secondary N) is 1. The summed E-state index contributed by atoms with van der Waals surface area (Å²) in [6.45, 7) is 6.06. The number of hydrogen-bond donors (Lipinski definition) is 1. The molecule has 1 aromatic heterocycles. The Bertz CT molecular complexity index is 780. The molecule has 0 saturated heterocycles. The number of aromatic nitrogens is 1. The highest BCUT2D eigenvalue weighted by atomic mass is 31.1. The van der Waals surface area contributed by atoms with Crippen LogP contribution < -0.4 is 5.30 Å². The van der Waals surface area contributed by atoms with Crippen LogP contribution in [-0.2, 0) is 4.57 Å². The van der Waals surface area contributed by atoms with Crippen molar-refractivity contribution in [1.29, 1.82) is 0 Å². The molecule has 0 aliphatic rings. The summed E-state index contributed by atoms with van der Waals surface area (Å²) in [5.74, 6) is 0. The lowest BCUT2D eigenvalue weighted by Gasteiger charge is -2.05. The highest BCUT2D eigenvalue weighted by Crippen LogP contribution is 2.39. The van der Waals surface area contributed by atoms with Gasteiger partial charge in [-0.3, -0.25) is 0 Å². The number of hydrogen-bond acceptors (Lipinski definition) is 1. The third-order valence-corrected chi connectivity index (χ3v) is 5.38. The van der Waals surface area contributed by atoms with Crippen molar-refractivity contribution >= 4 is 34.9 Å². The van der Waals surface area contributed by atoms with Gasteiger partial charge in [-0.2, -0.15) is 0 Å². The standard InChI is InChI=1S/C16H17NOP/c1-16(2,3)19(18)14-10-6-8-12-11-7-4-5-9-13(11)17-15(12)14/h4-10,17H,1-3H3/q+1. The molecule has 0 saturated carbocycles. The Morgan fingerprint density at radius 2 is 1.63 bits per heavy atom. The fourth-order valence-electron chi connectivity index (χ4n) is 2.39. The molecule has 1 N–H and O–H groups in total. The molecule has 0 radical (unpaired) electrons. The van der Waals surface area contributed by atoms with E-state index >= 15 is 0 Å². The molecular formula is C16H17NOP+. The van der Waals surface area contributed by atoms with Crippen LogP contribution >= 0.6 is 7.80 Å². The molecule has 0 spiro atoms. The average Bonchev–Trinajstić information content (AvgIpc) is 2.75. The van der Waals surface area contributed by atoms with Crippen LogP contribution in [-0.4, -0.2) is 10.1 Å². The van der Waals surface area contributed by atoms with Gasteiger partial charge in [0.05, 0.1) is 0 Å². The fourth-order valence-corrected chi connectivity index (χ4v) is 3.71. The van der Waals surface area contributed by atoms with Gasteiger partial charge < -0.3 is 4.98 Å². The molecule has 1 unspecified atom stereocenters. The molecule has 2 aromatic carbocycles. The van der Waals surface area contributed by atoms with E-state index in [9.17, 15) is 4.57 Å². The molecule has 19 heavy (non-hydrogen) atoms. The van der Waals surface area contributed by atoms with Crippen LogP contribution in [0.3, 0.4) is 0 Å². The van der Waals surface area contributed by atoms with E-state index in [2.05, 4.69) is 23.2 Å². The van der Waals surface area contributed by atoms with Crippen LogP contribution in [0.15, 0.2) is 42.5 Å². The van der Waals surface area contributed by atoms with Crippen molar-refractivity contribution in [3.05, 3.63) is 42.5 Å². The molecule has 0 aliphatic carbocycles. The van der Waals surface area contributed by atoms with E-state index in [-0.39, 0.29) is 5.16 Å². The van der Waals surface area contributed by atoms with Crippen molar-refractivity contribution in [1.82, 2.24) is 4.98 Å². The van der Waals surface area contributed by atoms with E-state index in [0.717, 1.165) is 21.7 Å². The van der Waals surface area contributed by atoms with Crippen molar-refractivity contribution < 1.29 is 4.57 Å². The minimum absolute atomic E-state index is 0.221. The second kappa shape index (κ2) is 4.18. The molecule has 3 heteroatoms. The smallest absolute Gasteiger partial charge is 0.351 e. The summed E-state index contributed by atoms with van der Waals surface area (Å²) in [5.41, 5.74) is 2.11. The highest BCUT2D eigenvalue weighted by molar-refractivity contribution is 7.55. The molecular weight excluding hydrogens is 253 g/mol. The van der Waals surface area contributed by atoms with Crippen LogP contribution in [0.2, 0.25) is 0 Å². The SMILES string of the molecule is CC(C)(C)[P+](=O)c1cccc2c1[nH]c1ccccc12. The molecule has 0 bridgehead atoms. The molecule has 3 aromatic rings. The zero-order chi connectivity index (χ0) is 13.6. The molecule has 1 heterocycles. The minimum Gasteiger partial charge on any atom is -0.351 e. The summed E-state index contributed by atoms with van der Waals surface area (Å²) < 4.78 is 12.7. The van der Waals surface area contributed by atoms with Crippen LogP contribution in [0.25, 0.3) is 21.8 Å². The van der Waals surface area contributed by atoms with E-state index in [1.54, 1.807) is 0 Å². The van der Waals surface area contributed by atoms with Crippen molar-refractivity contribution in [3.8, 4) is 0 Å². The predicted molar refractivity (Wildman–Crippen MR) is 82.8 cm³/mol. The molecule has 3 rings (SSSR count). The first-order valence-electron chi connectivity index (χ1n) is 6.45. The summed E-state index contributed by atoms with van der Waals surface area (Å²) in [6.07, 6.45) is 0. The van der Waals surface area contributed by atoms with E-state index in [0.29, 0.717) is 0 Å². The van der Waals surface area contributed by atoms with Gasteiger partial charge in [-0.05, 0) is 32.9 Å². The maximum Gasteiger partial charge on any atom is 0.384 e. The van der Waals surface area contributed by atoms with Crippen LogP contribution in [0, 0.1) is 0 Å². The van der Waals surface area contributed by atoms with Gasteiger partial charge in [0, 0.05) is 16.3 Å². The van der Waals surface area contributed by atoms with Gasteiger partial charge >= 0.3 is 7.80 Å². The summed E-state index contributed by atoms with van der Waals surface area (Å²) in [6, 6.07) is 14.3. The Morgan fingerprint density at radius 1 is 0.947 bits per heavy atom. The molecule has 1 atom stereocenters. The van der Waals surface area contributed by atoms with Gasteiger partial charge in [0.25, 0.3) is 0 Å². The van der Waals surface area contributed by atoms with Crippen molar-refractivity contribution in [2.24, 2.45) is 0 Å². The first kappa shape index (κ1) is 12.4. The lowest BCUT2D eigenvalue weighted by Crippen LogP contribution is -2.15. The summed E-state index contributed by atoms with van der Waals surface area (Å²) in [7, 11) is -1.43. The normalized spacial score (nSPS) is 13.1. The largest absolute Gasteiger partial charge is 0.384 e. The minimum atomic E-state index is -1.43. The Balaban J connectivity index is 2.36. The topological polar surface area (TPSA) is 32.9 Å². The summed E-state index contributed by atoms with van der Waals surface area (Å²) in [4.78, 5) is 3.42. The number of para-hydroxylation sites is 2. The number of H-pyrrole nitrogens is 1. The number of aromatic amines is 1. The van der Waals surface area contributed by atoms with Gasteiger partial charge in [-0.25, -0.2) is 0 Å². The zero-order valence-corrected chi connectivity index (χ0v) is 12.3. The third-order valence-electron chi connectivity index (χ3n) is 3.35. The molecule has 2 nitrogen and oxygen atoms in total. The number of fused-ring (bicyclic) bond motifs is 3. The van der Waals surface area contributed by atoms with Crippen LogP contribution in [0.1, 0.15) is 20.8 Å². The van der Waals surface area contributed by atoms with Gasteiger partial charge in [-0.1, -0.05) is 34.9 Å². The van der Waals surface area contributed by atoms with E-state index in [1.165, 1.54) is 5.39 Å². The average molecular weight is 270 g/mol. The Morgan fingerprint density at radius 3 is 2.37 bits per heavy atom. The maximum absolute atomic E-state index is 12.7. The predicted octanol–water partition coefficient (Wildman–Crippen LogP) is 4.57. The van der Waals surface area contributed by atoms with Gasteiger partial charge in [-0.15, -0.1) is 0 Å². The highest BCUT2D eigenvalue weighted by Gasteiger charge is 2.38. The Hall–Kier alpha value is -1.66. The monoisotopic (exact) mass is 270 g/mol. The summed E-state index contributed by atoms with van der Waals surface area (Å²) >= 11 is 0. The lowest BCUT2D eigenvalue weighted by atomic mass is 10.1. The van der Waals surface area contributed by atoms with Crippen LogP contribution in [0.4, 0.5) is 0 Å². The number of rotatable bonds is 1. The Kier molecular flexibility index (Phi) is 2.72. The van der Waals surface area contributed by atoms with Crippen molar-refractivity contribution in [3.63, 3.8) is 0 Å². The van der Waals surface area contributed by atoms with Crippen LogP contribution in [0.5, 0.6) is 0 Å². The van der Waals surface area contributed by atoms with Gasteiger partial charge in [0.1, 0.15) is 5.52 Å². The maximum atomic E-state index is 12.7. The molecule has 0 fully saturated rings. The number of benzene rings is 2. The van der Waals surface area contributed by atoms with Crippen molar-refractivity contribution in [2.45, 2.75) is 25.9 Å². The van der Waals surface area contributed by atoms with E-state index in [4.69, 9.17) is 0 Å². The Labute approximate surface area is 113 Å². The first-order valence-corrected chi connectivity index (χ1v) is 7.71. The second-order valence-corrected chi connectivity index (χ2v) is 8.25. The van der Waals surface area contributed by atoms with Gasteiger partial charge in [0.15, 0.2) is 5.16 Å². The lowest BCUT2D eigenvalue weighted by molar-refractivity contribution is 0.572. The quantitative estimate of drug-likeness (QED) is 0.645. The molecule has 0 aliphatic heterocycles. The first-order chi connectivity index (χ1) is 8.98. The van der Waals surface area contributed by atoms with Gasteiger partial charge in [0.2, 0.25) is 5.30 Å². The third kappa shape index (κ3) is 1.97. The molecule has 0 amide bonds. The summed E-state index contributed by atoms with van der Waals surface area (Å²) in [5, 5.41) is 3.05.